The minimum atomic E-state index is -2.83. The van der Waals surface area contributed by atoms with Gasteiger partial charge < -0.3 is 0 Å². The van der Waals surface area contributed by atoms with Gasteiger partial charge in [-0.3, -0.25) is 0 Å². The topological polar surface area (TPSA) is 3.24 Å². The van der Waals surface area contributed by atoms with Gasteiger partial charge in [0.1, 0.15) is 0 Å². The van der Waals surface area contributed by atoms with Gasteiger partial charge in [-0.25, -0.2) is 0 Å². The molecule has 0 rings (SSSR count). The molecule has 1 nitrogen and oxygen atoms in total. The van der Waals surface area contributed by atoms with Crippen LogP contribution in [-0.4, -0.2) is 36.1 Å². The van der Waals surface area contributed by atoms with Crippen molar-refractivity contribution in [3.8, 4) is 0 Å². The third-order valence-electron chi connectivity index (χ3n) is 0.151. The molecule has 0 aromatic heterocycles. The summed E-state index contributed by atoms with van der Waals surface area (Å²) in [7, 11) is -2.83. The molecule has 0 amide bonds. The minimum absolute atomic E-state index is 0.898. The van der Waals surface area contributed by atoms with Crippen molar-refractivity contribution in [1.29, 1.82) is 0 Å². The van der Waals surface area contributed by atoms with Crippen LogP contribution in [-0.2, 0) is 0 Å². The Morgan fingerprint density at radius 2 is 1.50 bits per heavy atom. The number of nitrogens with zero attached hydrogens (tertiary/aromatic N) is 1. The second-order valence-electron chi connectivity index (χ2n) is 0.527. The number of hydrogen-bond acceptors (Lipinski definition) is 1. The van der Waals surface area contributed by atoms with Crippen LogP contribution in [0.5, 0.6) is 0 Å². The van der Waals surface area contributed by atoms with Crippen molar-refractivity contribution >= 4 is 42.2 Å². The molecule has 0 unspecified atom stereocenters. The van der Waals surface area contributed by atoms with Gasteiger partial charge in [-0.15, -0.1) is 0 Å². The van der Waals surface area contributed by atoms with E-state index >= 15 is 0 Å². The quantitative estimate of drug-likeness (QED) is 0.470. The summed E-state index contributed by atoms with van der Waals surface area (Å²) in [5.74, 6) is 0. The molecule has 0 aliphatic heterocycles. The van der Waals surface area contributed by atoms with Crippen LogP contribution in [0.2, 0.25) is 0 Å². The van der Waals surface area contributed by atoms with Crippen LogP contribution in [0.3, 0.4) is 0 Å². The van der Waals surface area contributed by atoms with Crippen LogP contribution in [0.4, 0.5) is 8.39 Å². The molecule has 32 valence electrons. The number of halogens is 2. The summed E-state index contributed by atoms with van der Waals surface area (Å²) in [4.78, 5) is 0. The molecule has 0 aromatic carbocycles. The summed E-state index contributed by atoms with van der Waals surface area (Å²) in [6, 6.07) is 0. The van der Waals surface area contributed by atoms with E-state index in [9.17, 15) is 8.39 Å². The summed E-state index contributed by atoms with van der Waals surface area (Å²) in [6.45, 7) is 0. The van der Waals surface area contributed by atoms with Crippen LogP contribution in [0.15, 0.2) is 0 Å². The Morgan fingerprint density at radius 3 is 1.50 bits per heavy atom. The second kappa shape index (κ2) is 3.35. The van der Waals surface area contributed by atoms with E-state index in [2.05, 4.69) is 0 Å². The fourth-order valence-corrected chi connectivity index (χ4v) is 0. The molecular formula is F2Ge2NP. The van der Waals surface area contributed by atoms with E-state index in [0.717, 1.165) is 2.58 Å². The summed E-state index contributed by atoms with van der Waals surface area (Å²) >= 11 is 2.71. The van der Waals surface area contributed by atoms with Crippen molar-refractivity contribution < 1.29 is 8.39 Å². The first-order valence-electron chi connectivity index (χ1n) is 0.985. The average Bonchev–Trinajstić information content (AvgIpc) is 1.36. The van der Waals surface area contributed by atoms with Gasteiger partial charge in [-0.1, -0.05) is 0 Å². The Balaban J connectivity index is 2.99. The first-order chi connectivity index (χ1) is 2.64. The maximum atomic E-state index is 11.1. The molecule has 6 radical (unpaired) electrons. The SMILES string of the molecule is FP(F)[N]([Ge])[Ge]. The molecule has 0 spiro atoms. The average molecular weight is 228 g/mol. The van der Waals surface area contributed by atoms with E-state index in [0.29, 0.717) is 0 Å². The summed E-state index contributed by atoms with van der Waals surface area (Å²) in [5, 5.41) is 0. The standard InChI is InChI=1S/F2Ge2NP/c1-6(2)5(3)4. The molecule has 6 heavy (non-hydrogen) atoms. The van der Waals surface area contributed by atoms with Crippen molar-refractivity contribution in [2.45, 2.75) is 0 Å². The molecule has 0 saturated heterocycles. The molecule has 0 aliphatic rings. The van der Waals surface area contributed by atoms with Crippen molar-refractivity contribution in [2.75, 3.05) is 0 Å². The van der Waals surface area contributed by atoms with Crippen LogP contribution >= 0.6 is 8.69 Å². The number of hydrogen-bond donors (Lipinski definition) is 0. The third kappa shape index (κ3) is 3.52. The Bertz CT molecular complexity index is 32.5. The number of rotatable bonds is 1. The summed E-state index contributed by atoms with van der Waals surface area (Å²) in [6.07, 6.45) is 0. The van der Waals surface area contributed by atoms with Gasteiger partial charge in [-0.05, 0) is 0 Å². The van der Waals surface area contributed by atoms with Gasteiger partial charge in [0.25, 0.3) is 0 Å². The predicted molar refractivity (Wildman–Crippen MR) is 22.5 cm³/mol. The Hall–Kier alpha value is 1.34. The molecule has 0 N–H and O–H groups in total. The van der Waals surface area contributed by atoms with Crippen LogP contribution in [0, 0.1) is 0 Å². The van der Waals surface area contributed by atoms with Gasteiger partial charge >= 0.3 is 53.1 Å². The van der Waals surface area contributed by atoms with Crippen LogP contribution in [0.25, 0.3) is 0 Å². The van der Waals surface area contributed by atoms with E-state index < -0.39 is 8.69 Å². The third-order valence-corrected chi connectivity index (χ3v) is 2.36. The molecule has 0 atom stereocenters. The van der Waals surface area contributed by atoms with E-state index in [-0.39, 0.29) is 0 Å². The van der Waals surface area contributed by atoms with Crippen molar-refractivity contribution in [2.24, 2.45) is 0 Å². The first-order valence-corrected chi connectivity index (χ1v) is 3.94. The zero-order chi connectivity index (χ0) is 5.15. The molecule has 0 aliphatic carbocycles. The second-order valence-corrected chi connectivity index (χ2v) is 6.78. The van der Waals surface area contributed by atoms with Crippen molar-refractivity contribution in [3.63, 3.8) is 0 Å². The fourth-order valence-electron chi connectivity index (χ4n) is 0. The van der Waals surface area contributed by atoms with Gasteiger partial charge in [0.2, 0.25) is 0 Å². The van der Waals surface area contributed by atoms with Gasteiger partial charge in [-0.2, -0.15) is 0 Å². The van der Waals surface area contributed by atoms with Gasteiger partial charge in [0.05, 0.1) is 0 Å². The molecule has 0 aromatic rings. The van der Waals surface area contributed by atoms with Crippen LogP contribution < -0.4 is 0 Å². The van der Waals surface area contributed by atoms with E-state index in [1.165, 1.54) is 33.5 Å². The molecule has 0 saturated carbocycles. The normalized spacial score (nSPS) is 11.0. The first kappa shape index (κ1) is 7.34. The molecule has 0 bridgehead atoms. The van der Waals surface area contributed by atoms with Crippen molar-refractivity contribution in [1.82, 2.24) is 2.58 Å². The zero-order valence-corrected chi connectivity index (χ0v) is 7.74. The molecule has 6 heteroatoms. The fraction of sp³-hybridized carbons (Fsp3) is 0. The van der Waals surface area contributed by atoms with Crippen LogP contribution in [0.1, 0.15) is 0 Å². The maximum absolute atomic E-state index is 11.1. The predicted octanol–water partition coefficient (Wildman–Crippen LogP) is 0.621. The van der Waals surface area contributed by atoms with Crippen molar-refractivity contribution in [3.05, 3.63) is 0 Å². The summed E-state index contributed by atoms with van der Waals surface area (Å²) < 4.78 is 23.2. The molecule has 0 fully saturated rings. The Morgan fingerprint density at radius 1 is 1.33 bits per heavy atom. The monoisotopic (exact) mass is 231 g/mol. The molecular weight excluding hydrogens is 228 g/mol. The van der Waals surface area contributed by atoms with Gasteiger partial charge in [0, 0.05) is 0 Å². The Kier molecular flexibility index (Phi) is 4.10. The molecule has 0 heterocycles. The van der Waals surface area contributed by atoms with E-state index in [1.807, 2.05) is 0 Å². The van der Waals surface area contributed by atoms with E-state index in [4.69, 9.17) is 0 Å². The van der Waals surface area contributed by atoms with E-state index in [1.54, 1.807) is 0 Å². The van der Waals surface area contributed by atoms with Gasteiger partial charge in [0.15, 0.2) is 0 Å². The Labute approximate surface area is 53.4 Å². The summed E-state index contributed by atoms with van der Waals surface area (Å²) in [5.41, 5.74) is 0. The zero-order valence-electron chi connectivity index (χ0n) is 2.65.